The van der Waals surface area contributed by atoms with E-state index < -0.39 is 0 Å². The average Bonchev–Trinajstić information content (AvgIpc) is 2.92. The van der Waals surface area contributed by atoms with Gasteiger partial charge in [-0.15, -0.1) is 0 Å². The first-order valence-electron chi connectivity index (χ1n) is 10.7. The van der Waals surface area contributed by atoms with Crippen molar-refractivity contribution in [1.82, 2.24) is 0 Å². The van der Waals surface area contributed by atoms with Gasteiger partial charge in [-0.05, 0) is 61.9 Å². The lowest BCUT2D eigenvalue weighted by Gasteiger charge is -2.56. The number of ketones is 1. The lowest BCUT2D eigenvalue weighted by atomic mass is 9.47. The molecule has 4 aliphatic rings. The van der Waals surface area contributed by atoms with Gasteiger partial charge in [-0.25, -0.2) is 0 Å². The third-order valence-corrected chi connectivity index (χ3v) is 8.45. The molecule has 4 rings (SSSR count). The molecular formula is C23H32O5. The van der Waals surface area contributed by atoms with Crippen LogP contribution in [-0.4, -0.2) is 29.9 Å². The zero-order chi connectivity index (χ0) is 20.3. The second-order valence-corrected chi connectivity index (χ2v) is 9.92. The molecule has 0 radical (unpaired) electrons. The fourth-order valence-corrected chi connectivity index (χ4v) is 7.05. The van der Waals surface area contributed by atoms with Gasteiger partial charge in [0.05, 0.1) is 0 Å². The monoisotopic (exact) mass is 388 g/mol. The van der Waals surface area contributed by atoms with Crippen LogP contribution in [0.5, 0.6) is 0 Å². The van der Waals surface area contributed by atoms with Crippen LogP contribution in [0.25, 0.3) is 0 Å². The Labute approximate surface area is 167 Å². The summed E-state index contributed by atoms with van der Waals surface area (Å²) < 4.78 is 11.1. The van der Waals surface area contributed by atoms with Gasteiger partial charge in [0.1, 0.15) is 12.2 Å². The molecule has 28 heavy (non-hydrogen) atoms. The Morgan fingerprint density at radius 2 is 1.68 bits per heavy atom. The molecule has 3 fully saturated rings. The van der Waals surface area contributed by atoms with Gasteiger partial charge in [-0.3, -0.25) is 14.4 Å². The molecule has 7 atom stereocenters. The summed E-state index contributed by atoms with van der Waals surface area (Å²) >= 11 is 0. The van der Waals surface area contributed by atoms with Gasteiger partial charge in [-0.1, -0.05) is 19.4 Å². The molecule has 0 spiro atoms. The maximum Gasteiger partial charge on any atom is 0.302 e. The van der Waals surface area contributed by atoms with E-state index in [2.05, 4.69) is 13.8 Å². The predicted molar refractivity (Wildman–Crippen MR) is 103 cm³/mol. The minimum absolute atomic E-state index is 0.01000. The average molecular weight is 389 g/mol. The first kappa shape index (κ1) is 19.7. The van der Waals surface area contributed by atoms with Crippen molar-refractivity contribution >= 4 is 17.7 Å². The van der Waals surface area contributed by atoms with Crippen LogP contribution < -0.4 is 0 Å². The van der Waals surface area contributed by atoms with Gasteiger partial charge in [0.25, 0.3) is 0 Å². The van der Waals surface area contributed by atoms with Crippen LogP contribution in [0.1, 0.15) is 72.6 Å². The summed E-state index contributed by atoms with van der Waals surface area (Å²) in [5.74, 6) is 0.419. The molecule has 3 saturated carbocycles. The molecule has 5 nitrogen and oxygen atoms in total. The largest absolute Gasteiger partial charge is 0.462 e. The van der Waals surface area contributed by atoms with Crippen molar-refractivity contribution in [3.8, 4) is 0 Å². The Bertz CT molecular complexity index is 739. The molecule has 0 amide bonds. The van der Waals surface area contributed by atoms with Crippen molar-refractivity contribution < 1.29 is 23.9 Å². The van der Waals surface area contributed by atoms with E-state index in [9.17, 15) is 14.4 Å². The van der Waals surface area contributed by atoms with E-state index in [4.69, 9.17) is 9.47 Å². The minimum Gasteiger partial charge on any atom is -0.462 e. The molecule has 4 aliphatic carbocycles. The third-order valence-electron chi connectivity index (χ3n) is 8.45. The number of hydrogen-bond acceptors (Lipinski definition) is 5. The number of rotatable bonds is 2. The lowest BCUT2D eigenvalue weighted by Crippen LogP contribution is -2.54. The highest BCUT2D eigenvalue weighted by Gasteiger charge is 2.61. The van der Waals surface area contributed by atoms with Gasteiger partial charge in [-0.2, -0.15) is 0 Å². The van der Waals surface area contributed by atoms with Gasteiger partial charge in [0.15, 0.2) is 5.78 Å². The van der Waals surface area contributed by atoms with E-state index >= 15 is 0 Å². The van der Waals surface area contributed by atoms with Gasteiger partial charge in [0, 0.05) is 31.6 Å². The van der Waals surface area contributed by atoms with Crippen LogP contribution in [0.2, 0.25) is 0 Å². The van der Waals surface area contributed by atoms with Crippen LogP contribution >= 0.6 is 0 Å². The van der Waals surface area contributed by atoms with Gasteiger partial charge < -0.3 is 9.47 Å². The molecule has 0 aromatic carbocycles. The zero-order valence-electron chi connectivity index (χ0n) is 17.5. The molecular weight excluding hydrogens is 356 g/mol. The van der Waals surface area contributed by atoms with Crippen LogP contribution in [-0.2, 0) is 23.9 Å². The van der Waals surface area contributed by atoms with Crippen molar-refractivity contribution in [2.45, 2.75) is 84.8 Å². The number of esters is 2. The molecule has 0 saturated heterocycles. The van der Waals surface area contributed by atoms with Crippen LogP contribution in [0.4, 0.5) is 0 Å². The molecule has 154 valence electrons. The topological polar surface area (TPSA) is 69.7 Å². The van der Waals surface area contributed by atoms with E-state index in [0.29, 0.717) is 12.3 Å². The third kappa shape index (κ3) is 2.93. The normalized spacial score (nSPS) is 44.6. The molecule has 0 bridgehead atoms. The van der Waals surface area contributed by atoms with Crippen molar-refractivity contribution in [3.05, 3.63) is 11.6 Å². The Hall–Kier alpha value is -1.65. The van der Waals surface area contributed by atoms with E-state index in [1.54, 1.807) is 0 Å². The highest BCUT2D eigenvalue weighted by molar-refractivity contribution is 5.94. The summed E-state index contributed by atoms with van der Waals surface area (Å²) in [6, 6.07) is 0. The van der Waals surface area contributed by atoms with Crippen molar-refractivity contribution in [2.24, 2.45) is 28.6 Å². The molecule has 0 unspecified atom stereocenters. The van der Waals surface area contributed by atoms with E-state index in [1.165, 1.54) is 19.4 Å². The number of allylic oxidation sites excluding steroid dienone is 1. The lowest BCUT2D eigenvalue weighted by molar-refractivity contribution is -0.158. The van der Waals surface area contributed by atoms with Gasteiger partial charge in [0.2, 0.25) is 0 Å². The molecule has 0 aliphatic heterocycles. The van der Waals surface area contributed by atoms with Crippen molar-refractivity contribution in [1.29, 1.82) is 0 Å². The van der Waals surface area contributed by atoms with E-state index in [0.717, 1.165) is 38.5 Å². The van der Waals surface area contributed by atoms with Crippen molar-refractivity contribution in [2.75, 3.05) is 0 Å². The molecule has 0 aromatic rings. The van der Waals surface area contributed by atoms with E-state index in [1.807, 2.05) is 6.08 Å². The highest BCUT2D eigenvalue weighted by atomic mass is 16.5. The first-order chi connectivity index (χ1) is 13.1. The maximum absolute atomic E-state index is 13.3. The SMILES string of the molecule is CC(=O)O[C@H]1CC[C@@]2(C)C(=CC(=O)[C@@H]3[C@H]4CC[C@H](OC(C)=O)[C@@]4(C)CC[C@H]32)C1. The highest BCUT2D eigenvalue weighted by Crippen LogP contribution is 2.64. The second-order valence-electron chi connectivity index (χ2n) is 9.92. The minimum atomic E-state index is -0.245. The Morgan fingerprint density at radius 1 is 0.964 bits per heavy atom. The number of fused-ring (bicyclic) bond motifs is 5. The number of carbonyl (C=O) groups is 3. The van der Waals surface area contributed by atoms with Crippen LogP contribution in [0, 0.1) is 28.6 Å². The number of ether oxygens (including phenoxy) is 2. The summed E-state index contributed by atoms with van der Waals surface area (Å²) in [7, 11) is 0. The fraction of sp³-hybridized carbons (Fsp3) is 0.783. The molecule has 0 heterocycles. The fourth-order valence-electron chi connectivity index (χ4n) is 7.05. The summed E-state index contributed by atoms with van der Waals surface area (Å²) in [5, 5.41) is 0. The Kier molecular flexibility index (Phi) is 4.71. The molecule has 5 heteroatoms. The molecule has 0 aromatic heterocycles. The Morgan fingerprint density at radius 3 is 2.36 bits per heavy atom. The number of carbonyl (C=O) groups excluding carboxylic acids is 3. The summed E-state index contributed by atoms with van der Waals surface area (Å²) in [6.07, 6.45) is 8.02. The zero-order valence-corrected chi connectivity index (χ0v) is 17.5. The second kappa shape index (κ2) is 6.70. The van der Waals surface area contributed by atoms with Crippen molar-refractivity contribution in [3.63, 3.8) is 0 Å². The smallest absolute Gasteiger partial charge is 0.302 e. The summed E-state index contributed by atoms with van der Waals surface area (Å²) in [5.41, 5.74) is 1.09. The standard InChI is InChI=1S/C23H32O5/c1-13(24)27-16-7-9-22(3)15(11-16)12-19(26)21-17-5-6-20(28-14(2)25)23(17,4)10-8-18(21)22/h12,16-18,20-21H,5-11H2,1-4H3/t16-,17+,18+,20-,21+,22-,23-/m0/s1. The van der Waals surface area contributed by atoms with E-state index in [-0.39, 0.29) is 52.6 Å². The quantitative estimate of drug-likeness (QED) is 0.669. The first-order valence-corrected chi connectivity index (χ1v) is 10.7. The number of hydrogen-bond donors (Lipinski definition) is 0. The van der Waals surface area contributed by atoms with Crippen LogP contribution in [0.15, 0.2) is 11.6 Å². The Balaban J connectivity index is 1.62. The molecule has 0 N–H and O–H groups in total. The maximum atomic E-state index is 13.3. The van der Waals surface area contributed by atoms with Gasteiger partial charge >= 0.3 is 11.9 Å². The van der Waals surface area contributed by atoms with Crippen LogP contribution in [0.3, 0.4) is 0 Å². The summed E-state index contributed by atoms with van der Waals surface area (Å²) in [4.78, 5) is 36.2. The summed E-state index contributed by atoms with van der Waals surface area (Å²) in [6.45, 7) is 7.46. The predicted octanol–water partition coefficient (Wildman–Crippen LogP) is 3.99.